The third-order valence-electron chi connectivity index (χ3n) is 25.5. The van der Waals surface area contributed by atoms with Gasteiger partial charge in [-0.15, -0.1) is 0 Å². The zero-order valence-corrected chi connectivity index (χ0v) is 49.4. The first kappa shape index (κ1) is 55.5. The largest absolute Gasteiger partial charge is 0.497 e. The Morgan fingerprint density at radius 2 is 0.797 bits per heavy atom. The van der Waals surface area contributed by atoms with Gasteiger partial charge >= 0.3 is 0 Å². The average molecular weight is 1010 g/mol. The van der Waals surface area contributed by atoms with Gasteiger partial charge < -0.3 is 10.5 Å². The molecule has 0 saturated heterocycles. The molecule has 13 atom stereocenters. The summed E-state index contributed by atoms with van der Waals surface area (Å²) in [6.45, 7) is 40.3. The van der Waals surface area contributed by atoms with Crippen LogP contribution in [-0.4, -0.2) is 24.7 Å². The number of benzene rings is 3. The molecule has 74 heavy (non-hydrogen) atoms. The minimum atomic E-state index is -0.171. The Kier molecular flexibility index (Phi) is 13.4. The second-order valence-corrected chi connectivity index (χ2v) is 30.3. The second kappa shape index (κ2) is 17.9. The number of carbonyl (C=O) groups excluding carboxylic acids is 2. The van der Waals surface area contributed by atoms with E-state index in [0.29, 0.717) is 62.9 Å². The van der Waals surface area contributed by atoms with Crippen molar-refractivity contribution in [2.75, 3.05) is 7.11 Å². The minimum Gasteiger partial charge on any atom is -0.497 e. The summed E-state index contributed by atoms with van der Waals surface area (Å²) in [5, 5.41) is 0. The fourth-order valence-corrected chi connectivity index (χ4v) is 22.2. The van der Waals surface area contributed by atoms with Gasteiger partial charge in [-0.05, 0) is 254 Å². The van der Waals surface area contributed by atoms with Gasteiger partial charge in [0.15, 0.2) is 0 Å². The molecule has 3 aromatic rings. The van der Waals surface area contributed by atoms with Crippen LogP contribution in [0.2, 0.25) is 0 Å². The number of ether oxygens (including phenoxy) is 1. The van der Waals surface area contributed by atoms with Crippen molar-refractivity contribution in [2.45, 2.75) is 244 Å². The molecule has 4 heteroatoms. The summed E-state index contributed by atoms with van der Waals surface area (Å²) in [7, 11) is 1.76. The lowest BCUT2D eigenvalue weighted by atomic mass is 9.42. The molecule has 12 rings (SSSR count). The molecule has 6 saturated carbocycles. The smallest absolute Gasteiger partial charge is 0.138 e. The van der Waals surface area contributed by atoms with Crippen LogP contribution in [0.15, 0.2) is 36.4 Å². The fraction of sp³-hybridized carbons (Fsp3) is 0.714. The number of fused-ring (bicyclic) bond motifs is 15. The summed E-state index contributed by atoms with van der Waals surface area (Å²) in [6.07, 6.45) is 17.3. The van der Waals surface area contributed by atoms with Gasteiger partial charge in [-0.1, -0.05) is 126 Å². The van der Waals surface area contributed by atoms with Crippen molar-refractivity contribution in [3.63, 3.8) is 0 Å². The Hall–Kier alpha value is -3.24. The predicted octanol–water partition coefficient (Wildman–Crippen LogP) is 16.7. The maximum absolute atomic E-state index is 12.6. The Morgan fingerprint density at radius 3 is 1.19 bits per heavy atom. The number of carbonyl (C=O) groups is 2. The van der Waals surface area contributed by atoms with E-state index in [0.717, 1.165) is 49.7 Å². The molecular formula is C70H103NO3. The van der Waals surface area contributed by atoms with Crippen LogP contribution in [0.3, 0.4) is 0 Å². The van der Waals surface area contributed by atoms with Crippen molar-refractivity contribution in [2.24, 2.45) is 73.7 Å². The molecule has 0 spiro atoms. The number of ketones is 2. The minimum absolute atomic E-state index is 0. The van der Waals surface area contributed by atoms with Crippen LogP contribution in [0.25, 0.3) is 0 Å². The summed E-state index contributed by atoms with van der Waals surface area (Å²) in [6, 6.07) is 14.5. The molecule has 0 heterocycles. The number of aryl methyl sites for hydroxylation is 5. The van der Waals surface area contributed by atoms with Gasteiger partial charge in [0, 0.05) is 29.7 Å². The number of methoxy groups -OCH3 is 1. The quantitative estimate of drug-likeness (QED) is 0.264. The van der Waals surface area contributed by atoms with Gasteiger partial charge in [-0.3, -0.25) is 9.59 Å². The van der Waals surface area contributed by atoms with Crippen LogP contribution >= 0.6 is 0 Å². The normalized spacial score (nSPS) is 40.0. The van der Waals surface area contributed by atoms with Gasteiger partial charge in [0.1, 0.15) is 17.3 Å². The Bertz CT molecular complexity index is 2760. The molecule has 6 fully saturated rings. The number of hydrogen-bond donors (Lipinski definition) is 1. The lowest BCUT2D eigenvalue weighted by Gasteiger charge is -2.62. The van der Waals surface area contributed by atoms with Crippen molar-refractivity contribution >= 4 is 11.6 Å². The number of rotatable bonds is 1. The number of Topliss-reactive ketones (excluding diaryl/α,β-unsaturated/α-hetero) is 2. The molecule has 0 radical (unpaired) electrons. The van der Waals surface area contributed by atoms with Crippen LogP contribution in [-0.2, 0) is 45.1 Å². The zero-order valence-electron chi connectivity index (χ0n) is 49.4. The molecule has 0 amide bonds. The molecule has 0 aromatic heterocycles. The fourth-order valence-electron chi connectivity index (χ4n) is 22.2. The average Bonchev–Trinajstić information content (AvgIpc) is 3.91. The highest BCUT2D eigenvalue weighted by molar-refractivity contribution is 5.86. The number of hydrogen-bond acceptors (Lipinski definition) is 4. The lowest BCUT2D eigenvalue weighted by Crippen LogP contribution is -2.60. The molecular weight excluding hydrogens is 903 g/mol. The lowest BCUT2D eigenvalue weighted by molar-refractivity contribution is -0.152. The highest BCUT2D eigenvalue weighted by Crippen LogP contribution is 2.70. The molecule has 9 aliphatic rings. The van der Waals surface area contributed by atoms with Gasteiger partial charge in [0.25, 0.3) is 0 Å². The van der Waals surface area contributed by atoms with Crippen molar-refractivity contribution in [1.82, 2.24) is 0 Å². The Balaban J connectivity index is 0.000000135. The van der Waals surface area contributed by atoms with E-state index in [-0.39, 0.29) is 34.5 Å². The molecule has 9 aliphatic carbocycles. The van der Waals surface area contributed by atoms with E-state index in [1.807, 2.05) is 0 Å². The standard InChI is InChI=1S/C23H35N.C23H32O2.C23H32O.CH4/c1-14-11-15(2)20-16(12-14)13-18-22(5)10-8-19(24)21(3,4)17(22)7-9-23(18,20)6;1-14-11-16(25-6)12-15-13-18-22(4)10-8-19(24)21(2,3)17(22)7-9-23(18,5)20(14)15;1-14-11-15(2)20-16(12-14)13-18-22(5)10-8-19(24)21(3,4)17(22)7-9-23(18,20)6;/h11-12,17-19H,7-10,13,24H2,1-6H3;11-12,17-18H,7-10,13H2,1-6H3;11-12,17-18H,7-10,13H2,1-6H3;1H4. The van der Waals surface area contributed by atoms with Gasteiger partial charge in [-0.2, -0.15) is 0 Å². The topological polar surface area (TPSA) is 69.4 Å². The summed E-state index contributed by atoms with van der Waals surface area (Å²) in [5.74, 6) is 5.88. The third-order valence-corrected chi connectivity index (χ3v) is 25.5. The predicted molar refractivity (Wildman–Crippen MR) is 309 cm³/mol. The van der Waals surface area contributed by atoms with E-state index in [2.05, 4.69) is 154 Å². The van der Waals surface area contributed by atoms with E-state index in [1.54, 1.807) is 34.9 Å². The highest BCUT2D eigenvalue weighted by atomic mass is 16.5. The van der Waals surface area contributed by atoms with E-state index in [4.69, 9.17) is 10.5 Å². The van der Waals surface area contributed by atoms with Crippen LogP contribution in [0.4, 0.5) is 0 Å². The first-order valence-electron chi connectivity index (χ1n) is 29.6. The van der Waals surface area contributed by atoms with E-state index in [9.17, 15) is 9.59 Å². The van der Waals surface area contributed by atoms with E-state index < -0.39 is 0 Å². The van der Waals surface area contributed by atoms with E-state index in [1.165, 1.54) is 97.6 Å². The summed E-state index contributed by atoms with van der Waals surface area (Å²) in [5.41, 5.74) is 25.3. The summed E-state index contributed by atoms with van der Waals surface area (Å²) < 4.78 is 5.54. The van der Waals surface area contributed by atoms with Crippen molar-refractivity contribution in [1.29, 1.82) is 0 Å². The van der Waals surface area contributed by atoms with Crippen LogP contribution in [0.1, 0.15) is 229 Å². The van der Waals surface area contributed by atoms with Crippen LogP contribution in [0.5, 0.6) is 5.75 Å². The molecule has 13 unspecified atom stereocenters. The summed E-state index contributed by atoms with van der Waals surface area (Å²) in [4.78, 5) is 25.2. The molecule has 4 nitrogen and oxygen atoms in total. The van der Waals surface area contributed by atoms with Crippen molar-refractivity contribution in [3.8, 4) is 5.75 Å². The van der Waals surface area contributed by atoms with Crippen molar-refractivity contribution < 1.29 is 14.3 Å². The SMILES string of the molecule is C.COc1cc(C)c2c(c1)CC1C2(C)CCC2C(C)(C)C(=O)CCC21C.Cc1cc(C)c2c(c1)CC1C2(C)CCC2C(C)(C)C(=O)CCC21C.Cc1cc(C)c2c(c1)CC1C2(C)CCC2C(C)(C)C(N)CCC12C. The molecule has 2 N–H and O–H groups in total. The van der Waals surface area contributed by atoms with Crippen LogP contribution in [0, 0.1) is 103 Å². The maximum Gasteiger partial charge on any atom is 0.138 e. The maximum atomic E-state index is 12.6. The first-order valence-corrected chi connectivity index (χ1v) is 29.6. The molecule has 3 aromatic carbocycles. The van der Waals surface area contributed by atoms with Crippen molar-refractivity contribution in [3.05, 3.63) is 97.6 Å². The number of nitrogens with two attached hydrogens (primary N) is 1. The summed E-state index contributed by atoms with van der Waals surface area (Å²) >= 11 is 0. The second-order valence-electron chi connectivity index (χ2n) is 30.3. The van der Waals surface area contributed by atoms with Gasteiger partial charge in [-0.25, -0.2) is 0 Å². The Morgan fingerprint density at radius 1 is 0.446 bits per heavy atom. The molecule has 0 bridgehead atoms. The first-order chi connectivity index (χ1) is 33.8. The third kappa shape index (κ3) is 7.68. The molecule has 0 aliphatic heterocycles. The van der Waals surface area contributed by atoms with Gasteiger partial charge in [0.05, 0.1) is 7.11 Å². The molecule has 406 valence electrons. The zero-order chi connectivity index (χ0) is 53.2. The monoisotopic (exact) mass is 1010 g/mol. The van der Waals surface area contributed by atoms with Gasteiger partial charge in [0.2, 0.25) is 0 Å². The van der Waals surface area contributed by atoms with E-state index >= 15 is 0 Å². The Labute approximate surface area is 451 Å². The highest BCUT2D eigenvalue weighted by Gasteiger charge is 2.66. The van der Waals surface area contributed by atoms with Crippen LogP contribution < -0.4 is 10.5 Å².